The van der Waals surface area contributed by atoms with Crippen molar-refractivity contribution in [1.29, 1.82) is 0 Å². The Bertz CT molecular complexity index is 258. The van der Waals surface area contributed by atoms with Crippen LogP contribution in [0.15, 0.2) is 12.1 Å². The van der Waals surface area contributed by atoms with Crippen molar-refractivity contribution in [3.8, 4) is 0 Å². The number of hydrogen-bond acceptors (Lipinski definition) is 4. The maximum absolute atomic E-state index is 4.13. The first kappa shape index (κ1) is 11.9. The Kier molecular flexibility index (Phi) is 5.70. The van der Waals surface area contributed by atoms with Crippen molar-refractivity contribution in [2.75, 3.05) is 18.4 Å². The predicted molar refractivity (Wildman–Crippen MR) is 62.8 cm³/mol. The minimum absolute atomic E-state index is 0.800. The van der Waals surface area contributed by atoms with Crippen molar-refractivity contribution < 1.29 is 0 Å². The normalized spacial score (nSPS) is 10.3. The number of nitrogens with one attached hydrogen (secondary N) is 2. The van der Waals surface area contributed by atoms with Crippen LogP contribution in [0.3, 0.4) is 0 Å². The lowest BCUT2D eigenvalue weighted by Gasteiger charge is -2.04. The molecule has 0 spiro atoms. The van der Waals surface area contributed by atoms with Crippen molar-refractivity contribution in [3.63, 3.8) is 0 Å². The van der Waals surface area contributed by atoms with Gasteiger partial charge in [-0.25, -0.2) is 0 Å². The zero-order valence-electron chi connectivity index (χ0n) is 9.58. The van der Waals surface area contributed by atoms with Gasteiger partial charge in [0.05, 0.1) is 5.69 Å². The van der Waals surface area contributed by atoms with Crippen LogP contribution in [0.5, 0.6) is 0 Å². The Morgan fingerprint density at radius 2 is 1.87 bits per heavy atom. The summed E-state index contributed by atoms with van der Waals surface area (Å²) in [7, 11) is 0. The third-order valence-corrected chi connectivity index (χ3v) is 2.01. The molecule has 0 unspecified atom stereocenters. The topological polar surface area (TPSA) is 49.8 Å². The van der Waals surface area contributed by atoms with Crippen molar-refractivity contribution in [2.45, 2.75) is 33.2 Å². The summed E-state index contributed by atoms with van der Waals surface area (Å²) < 4.78 is 0. The summed E-state index contributed by atoms with van der Waals surface area (Å²) in [5, 5.41) is 14.7. The number of hydrogen-bond donors (Lipinski definition) is 2. The van der Waals surface area contributed by atoms with E-state index < -0.39 is 0 Å². The molecule has 0 atom stereocenters. The molecule has 1 aromatic heterocycles. The Hall–Kier alpha value is -1.16. The summed E-state index contributed by atoms with van der Waals surface area (Å²) in [5.41, 5.74) is 0.991. The Balaban J connectivity index is 2.35. The van der Waals surface area contributed by atoms with Crippen LogP contribution in [0.1, 0.15) is 32.4 Å². The second kappa shape index (κ2) is 7.17. The van der Waals surface area contributed by atoms with Crippen LogP contribution in [0.4, 0.5) is 5.82 Å². The van der Waals surface area contributed by atoms with E-state index in [4.69, 9.17) is 0 Å². The van der Waals surface area contributed by atoms with E-state index in [-0.39, 0.29) is 0 Å². The van der Waals surface area contributed by atoms with Crippen LogP contribution in [0, 0.1) is 0 Å². The van der Waals surface area contributed by atoms with E-state index in [0.29, 0.717) is 0 Å². The highest BCUT2D eigenvalue weighted by Gasteiger charge is 1.96. The molecule has 4 heteroatoms. The smallest absolute Gasteiger partial charge is 0.148 e. The first-order chi connectivity index (χ1) is 7.36. The molecule has 1 rings (SSSR count). The summed E-state index contributed by atoms with van der Waals surface area (Å²) in [4.78, 5) is 0. The van der Waals surface area contributed by atoms with Gasteiger partial charge in [0.25, 0.3) is 0 Å². The van der Waals surface area contributed by atoms with Gasteiger partial charge in [0.15, 0.2) is 0 Å². The standard InChI is InChI=1S/C11H20N4/c1-3-7-12-9-10-5-6-11(15-14-10)13-8-4-2/h5-6,12H,3-4,7-9H2,1-2H3,(H,13,15). The highest BCUT2D eigenvalue weighted by molar-refractivity contribution is 5.32. The van der Waals surface area contributed by atoms with E-state index in [2.05, 4.69) is 34.7 Å². The minimum Gasteiger partial charge on any atom is -0.369 e. The first-order valence-electron chi connectivity index (χ1n) is 5.64. The molecule has 0 aliphatic carbocycles. The maximum atomic E-state index is 4.13. The molecule has 84 valence electrons. The molecule has 0 amide bonds. The fourth-order valence-electron chi connectivity index (χ4n) is 1.19. The molecule has 0 aromatic carbocycles. The van der Waals surface area contributed by atoms with Gasteiger partial charge in [0.1, 0.15) is 5.82 Å². The Labute approximate surface area is 91.5 Å². The van der Waals surface area contributed by atoms with E-state index in [1.807, 2.05) is 12.1 Å². The van der Waals surface area contributed by atoms with Crippen LogP contribution < -0.4 is 10.6 Å². The molecular formula is C11H20N4. The quantitative estimate of drug-likeness (QED) is 0.671. The van der Waals surface area contributed by atoms with Crippen molar-refractivity contribution in [2.24, 2.45) is 0 Å². The van der Waals surface area contributed by atoms with Gasteiger partial charge >= 0.3 is 0 Å². The molecule has 2 N–H and O–H groups in total. The largest absolute Gasteiger partial charge is 0.369 e. The van der Waals surface area contributed by atoms with Crippen LogP contribution in [0.2, 0.25) is 0 Å². The van der Waals surface area contributed by atoms with Crippen LogP contribution in [-0.2, 0) is 6.54 Å². The summed E-state index contributed by atoms with van der Waals surface area (Å²) in [5.74, 6) is 0.857. The molecule has 0 saturated heterocycles. The molecule has 0 saturated carbocycles. The molecule has 4 nitrogen and oxygen atoms in total. The summed E-state index contributed by atoms with van der Waals surface area (Å²) >= 11 is 0. The molecular weight excluding hydrogens is 188 g/mol. The minimum atomic E-state index is 0.800. The average molecular weight is 208 g/mol. The third kappa shape index (κ3) is 4.74. The second-order valence-corrected chi connectivity index (χ2v) is 3.51. The van der Waals surface area contributed by atoms with Gasteiger partial charge in [-0.1, -0.05) is 13.8 Å². The molecule has 0 aliphatic rings. The highest BCUT2D eigenvalue weighted by atomic mass is 15.2. The lowest BCUT2D eigenvalue weighted by molar-refractivity contribution is 0.657. The van der Waals surface area contributed by atoms with E-state index in [1.165, 1.54) is 0 Å². The van der Waals surface area contributed by atoms with E-state index in [0.717, 1.165) is 44.0 Å². The first-order valence-corrected chi connectivity index (χ1v) is 5.64. The average Bonchev–Trinajstić information content (AvgIpc) is 2.28. The van der Waals surface area contributed by atoms with Crippen molar-refractivity contribution in [3.05, 3.63) is 17.8 Å². The van der Waals surface area contributed by atoms with Crippen molar-refractivity contribution in [1.82, 2.24) is 15.5 Å². The molecule has 0 aliphatic heterocycles. The van der Waals surface area contributed by atoms with Crippen LogP contribution in [-0.4, -0.2) is 23.3 Å². The SMILES string of the molecule is CCCNCc1ccc(NCCC)nn1. The maximum Gasteiger partial charge on any atom is 0.148 e. The molecule has 0 fully saturated rings. The fraction of sp³-hybridized carbons (Fsp3) is 0.636. The monoisotopic (exact) mass is 208 g/mol. The summed E-state index contributed by atoms with van der Waals surface area (Å²) in [6.45, 7) is 7.05. The van der Waals surface area contributed by atoms with Gasteiger partial charge in [-0.15, -0.1) is 5.10 Å². The molecule has 1 heterocycles. The molecule has 0 bridgehead atoms. The lowest BCUT2D eigenvalue weighted by Crippen LogP contribution is -2.15. The molecule has 15 heavy (non-hydrogen) atoms. The Morgan fingerprint density at radius 1 is 1.07 bits per heavy atom. The van der Waals surface area contributed by atoms with Gasteiger partial charge in [0, 0.05) is 13.1 Å². The van der Waals surface area contributed by atoms with E-state index in [9.17, 15) is 0 Å². The molecule has 1 aromatic rings. The van der Waals surface area contributed by atoms with Gasteiger partial charge in [-0.3, -0.25) is 0 Å². The van der Waals surface area contributed by atoms with Gasteiger partial charge in [-0.05, 0) is 31.5 Å². The lowest BCUT2D eigenvalue weighted by atomic mass is 10.3. The summed E-state index contributed by atoms with van der Waals surface area (Å²) in [6.07, 6.45) is 2.24. The zero-order valence-corrected chi connectivity index (χ0v) is 9.58. The van der Waals surface area contributed by atoms with Gasteiger partial charge in [0.2, 0.25) is 0 Å². The number of aromatic nitrogens is 2. The number of rotatable bonds is 7. The Morgan fingerprint density at radius 3 is 2.47 bits per heavy atom. The number of anilines is 1. The predicted octanol–water partition coefficient (Wildman–Crippen LogP) is 1.80. The second-order valence-electron chi connectivity index (χ2n) is 3.51. The fourth-order valence-corrected chi connectivity index (χ4v) is 1.19. The van der Waals surface area contributed by atoms with E-state index >= 15 is 0 Å². The number of nitrogens with zero attached hydrogens (tertiary/aromatic N) is 2. The molecule has 0 radical (unpaired) electrons. The van der Waals surface area contributed by atoms with Crippen LogP contribution in [0.25, 0.3) is 0 Å². The summed E-state index contributed by atoms with van der Waals surface area (Å²) in [6, 6.07) is 3.99. The highest BCUT2D eigenvalue weighted by Crippen LogP contribution is 2.01. The van der Waals surface area contributed by atoms with E-state index in [1.54, 1.807) is 0 Å². The zero-order chi connectivity index (χ0) is 10.9. The van der Waals surface area contributed by atoms with Gasteiger partial charge in [-0.2, -0.15) is 5.10 Å². The van der Waals surface area contributed by atoms with Crippen LogP contribution >= 0.6 is 0 Å². The third-order valence-electron chi connectivity index (χ3n) is 2.01. The van der Waals surface area contributed by atoms with Gasteiger partial charge < -0.3 is 10.6 Å². The van der Waals surface area contributed by atoms with Crippen molar-refractivity contribution >= 4 is 5.82 Å².